The second kappa shape index (κ2) is 9.39. The van der Waals surface area contributed by atoms with E-state index in [0.29, 0.717) is 11.1 Å². The van der Waals surface area contributed by atoms with Crippen molar-refractivity contribution in [2.45, 2.75) is 92.2 Å². The standard InChI is InChI=1S/C16H40N2Si2/c1-9-11-13-17(15(3,4)5)19-20-18(14-12-10-2)16(6,7)8/h9-14,19-20H2,1-8H3. The fourth-order valence-electron chi connectivity index (χ4n) is 2.50. The van der Waals surface area contributed by atoms with Crippen molar-refractivity contribution in [1.29, 1.82) is 0 Å². The largest absolute Gasteiger partial charge is 0.326 e. The van der Waals surface area contributed by atoms with Crippen molar-refractivity contribution in [2.24, 2.45) is 0 Å². The van der Waals surface area contributed by atoms with Gasteiger partial charge in [0, 0.05) is 11.1 Å². The first-order valence-corrected chi connectivity index (χ1v) is 13.9. The molecule has 0 unspecified atom stereocenters. The molecule has 0 aromatic carbocycles. The molecule has 0 bridgehead atoms. The van der Waals surface area contributed by atoms with Crippen LogP contribution in [0.4, 0.5) is 0 Å². The minimum absolute atomic E-state index is 0.0563. The summed E-state index contributed by atoms with van der Waals surface area (Å²) < 4.78 is 5.71. The van der Waals surface area contributed by atoms with Gasteiger partial charge in [0.2, 0.25) is 0 Å². The second-order valence-electron chi connectivity index (χ2n) is 8.02. The third-order valence-corrected chi connectivity index (χ3v) is 11.7. The third-order valence-electron chi connectivity index (χ3n) is 4.10. The molecule has 0 aliphatic rings. The van der Waals surface area contributed by atoms with Gasteiger partial charge in [-0.25, -0.2) is 0 Å². The number of unbranched alkanes of at least 4 members (excludes halogenated alkanes) is 2. The zero-order valence-corrected chi connectivity index (χ0v) is 18.4. The summed E-state index contributed by atoms with van der Waals surface area (Å²) in [5.41, 5.74) is 0.755. The minimum Gasteiger partial charge on any atom is -0.326 e. The Kier molecular flexibility index (Phi) is 9.55. The van der Waals surface area contributed by atoms with E-state index in [1.165, 1.54) is 38.8 Å². The molecular weight excluding hydrogens is 276 g/mol. The van der Waals surface area contributed by atoms with E-state index in [2.05, 4.69) is 64.5 Å². The zero-order chi connectivity index (χ0) is 15.8. The third kappa shape index (κ3) is 8.60. The van der Waals surface area contributed by atoms with Crippen LogP contribution in [0.5, 0.6) is 0 Å². The van der Waals surface area contributed by atoms with E-state index in [9.17, 15) is 0 Å². The fraction of sp³-hybridized carbons (Fsp3) is 1.00. The van der Waals surface area contributed by atoms with E-state index in [1.807, 2.05) is 0 Å². The van der Waals surface area contributed by atoms with Gasteiger partial charge in [-0.2, -0.15) is 0 Å². The van der Waals surface area contributed by atoms with E-state index >= 15 is 0 Å². The molecule has 4 heteroatoms. The van der Waals surface area contributed by atoms with Crippen molar-refractivity contribution in [3.8, 4) is 0 Å². The molecule has 0 amide bonds. The first-order valence-electron chi connectivity index (χ1n) is 8.63. The normalized spacial score (nSPS) is 14.7. The minimum atomic E-state index is -0.0563. The Labute approximate surface area is 133 Å². The molecule has 0 aromatic rings. The first-order chi connectivity index (χ1) is 9.12. The van der Waals surface area contributed by atoms with Gasteiger partial charge in [-0.05, 0) is 67.5 Å². The maximum absolute atomic E-state index is 2.85. The van der Waals surface area contributed by atoms with E-state index < -0.39 is 0 Å². The Morgan fingerprint density at radius 1 is 0.650 bits per heavy atom. The maximum atomic E-state index is 2.85. The van der Waals surface area contributed by atoms with Crippen molar-refractivity contribution < 1.29 is 0 Å². The average Bonchev–Trinajstić information content (AvgIpc) is 2.29. The molecule has 0 radical (unpaired) electrons. The molecule has 0 heterocycles. The average molecular weight is 317 g/mol. The van der Waals surface area contributed by atoms with Crippen LogP contribution in [-0.4, -0.2) is 51.7 Å². The summed E-state index contributed by atoms with van der Waals surface area (Å²) >= 11 is 0. The van der Waals surface area contributed by atoms with Crippen LogP contribution in [0.3, 0.4) is 0 Å². The highest BCUT2D eigenvalue weighted by molar-refractivity contribution is 6.97. The van der Waals surface area contributed by atoms with Crippen LogP contribution in [0, 0.1) is 0 Å². The molecule has 0 aromatic heterocycles. The van der Waals surface area contributed by atoms with E-state index in [1.54, 1.807) is 0 Å². The van der Waals surface area contributed by atoms with Crippen LogP contribution in [0.15, 0.2) is 0 Å². The lowest BCUT2D eigenvalue weighted by Crippen LogP contribution is -2.54. The van der Waals surface area contributed by atoms with Crippen LogP contribution >= 0.6 is 0 Å². The Bertz CT molecular complexity index is 218. The van der Waals surface area contributed by atoms with Gasteiger partial charge in [-0.3, -0.25) is 0 Å². The van der Waals surface area contributed by atoms with Crippen molar-refractivity contribution in [1.82, 2.24) is 9.13 Å². The summed E-state index contributed by atoms with van der Waals surface area (Å²) in [6, 6.07) is 0. The number of hydrogen-bond donors (Lipinski definition) is 0. The molecule has 122 valence electrons. The Morgan fingerprint density at radius 3 is 1.15 bits per heavy atom. The van der Waals surface area contributed by atoms with Crippen LogP contribution in [0.1, 0.15) is 81.1 Å². The Hall–Kier alpha value is 0.354. The Balaban J connectivity index is 4.53. The predicted octanol–water partition coefficient (Wildman–Crippen LogP) is 2.87. The van der Waals surface area contributed by atoms with Gasteiger partial charge >= 0.3 is 0 Å². The van der Waals surface area contributed by atoms with E-state index in [4.69, 9.17) is 0 Å². The molecule has 0 atom stereocenters. The summed E-state index contributed by atoms with van der Waals surface area (Å²) in [6.07, 6.45) is 5.37. The molecule has 0 spiro atoms. The Morgan fingerprint density at radius 2 is 0.950 bits per heavy atom. The second-order valence-corrected chi connectivity index (χ2v) is 13.1. The molecule has 0 saturated carbocycles. The zero-order valence-electron chi connectivity index (χ0n) is 15.6. The molecule has 0 N–H and O–H groups in total. The van der Waals surface area contributed by atoms with Gasteiger partial charge in [0.15, 0.2) is 0 Å². The molecule has 0 rings (SSSR count). The van der Waals surface area contributed by atoms with E-state index in [-0.39, 0.29) is 18.4 Å². The number of rotatable bonds is 9. The molecule has 0 aliphatic carbocycles. The van der Waals surface area contributed by atoms with Crippen LogP contribution in [-0.2, 0) is 0 Å². The quantitative estimate of drug-likeness (QED) is 0.604. The number of hydrogen-bond acceptors (Lipinski definition) is 2. The lowest BCUT2D eigenvalue weighted by atomic mass is 10.1. The van der Waals surface area contributed by atoms with E-state index in [0.717, 1.165) is 0 Å². The van der Waals surface area contributed by atoms with Crippen molar-refractivity contribution in [2.75, 3.05) is 13.1 Å². The van der Waals surface area contributed by atoms with Crippen LogP contribution in [0.25, 0.3) is 0 Å². The summed E-state index contributed by atoms with van der Waals surface area (Å²) in [7, 11) is -0.113. The molecule has 2 nitrogen and oxygen atoms in total. The van der Waals surface area contributed by atoms with Crippen molar-refractivity contribution >= 4 is 18.4 Å². The summed E-state index contributed by atoms with van der Waals surface area (Å²) in [4.78, 5) is 0. The summed E-state index contributed by atoms with van der Waals surface area (Å²) in [5.74, 6) is 0. The van der Waals surface area contributed by atoms with Crippen LogP contribution < -0.4 is 0 Å². The van der Waals surface area contributed by atoms with Crippen LogP contribution in [0.2, 0.25) is 0 Å². The smallest absolute Gasteiger partial charge is 0.0975 e. The van der Waals surface area contributed by atoms with Gasteiger partial charge < -0.3 is 9.13 Å². The highest BCUT2D eigenvalue weighted by Gasteiger charge is 2.25. The SMILES string of the molecule is CCCCN([SiH2][SiH2]N(CCCC)C(C)(C)C)C(C)(C)C. The monoisotopic (exact) mass is 316 g/mol. The molecule has 0 aliphatic heterocycles. The lowest BCUT2D eigenvalue weighted by molar-refractivity contribution is 0.242. The highest BCUT2D eigenvalue weighted by atomic mass is 29.2. The van der Waals surface area contributed by atoms with Gasteiger partial charge in [0.1, 0.15) is 0 Å². The highest BCUT2D eigenvalue weighted by Crippen LogP contribution is 2.16. The van der Waals surface area contributed by atoms with Gasteiger partial charge in [-0.15, -0.1) is 0 Å². The summed E-state index contributed by atoms with van der Waals surface area (Å²) in [6.45, 7) is 21.7. The molecule has 0 fully saturated rings. The first kappa shape index (κ1) is 20.4. The lowest BCUT2D eigenvalue weighted by Gasteiger charge is -2.41. The van der Waals surface area contributed by atoms with Gasteiger partial charge in [0.25, 0.3) is 0 Å². The van der Waals surface area contributed by atoms with Gasteiger partial charge in [0.05, 0.1) is 18.4 Å². The molecule has 20 heavy (non-hydrogen) atoms. The maximum Gasteiger partial charge on any atom is 0.0975 e. The molecular formula is C16H40N2Si2. The fourth-order valence-corrected chi connectivity index (χ4v) is 12.0. The topological polar surface area (TPSA) is 6.48 Å². The van der Waals surface area contributed by atoms with Gasteiger partial charge in [-0.1, -0.05) is 26.7 Å². The van der Waals surface area contributed by atoms with Crippen molar-refractivity contribution in [3.05, 3.63) is 0 Å². The predicted molar refractivity (Wildman–Crippen MR) is 99.8 cm³/mol. The number of nitrogens with zero attached hydrogens (tertiary/aromatic N) is 2. The summed E-state index contributed by atoms with van der Waals surface area (Å²) in [5, 5.41) is 0. The van der Waals surface area contributed by atoms with Crippen molar-refractivity contribution in [3.63, 3.8) is 0 Å². The molecule has 0 saturated heterocycles.